The number of nitrogens with zero attached hydrogens (tertiary/aromatic N) is 2. The predicted octanol–water partition coefficient (Wildman–Crippen LogP) is 3.07. The fraction of sp³-hybridized carbons (Fsp3) is 0.143. The fourth-order valence-corrected chi connectivity index (χ4v) is 2.02. The smallest absolute Gasteiger partial charge is 0.337 e. The van der Waals surface area contributed by atoms with Crippen molar-refractivity contribution in [2.24, 2.45) is 0 Å². The van der Waals surface area contributed by atoms with Crippen molar-refractivity contribution in [1.29, 1.82) is 0 Å². The highest BCUT2D eigenvalue weighted by molar-refractivity contribution is 6.31. The summed E-state index contributed by atoms with van der Waals surface area (Å²) in [4.78, 5) is 17.0. The Morgan fingerprint density at radius 1 is 1.32 bits per heavy atom. The van der Waals surface area contributed by atoms with E-state index >= 15 is 0 Å². The Bertz CT molecular complexity index is 587. The second-order valence-electron chi connectivity index (χ2n) is 4.18. The number of aromatic carboxylic acids is 1. The maximum atomic E-state index is 11.2. The fourth-order valence-electron chi connectivity index (χ4n) is 1.85. The SMILES string of the molecule is CN(Cc1ccncc1)c1cc(Cl)ccc1C(=O)O. The number of carbonyl (C=O) groups is 1. The number of benzene rings is 1. The summed E-state index contributed by atoms with van der Waals surface area (Å²) in [6.07, 6.45) is 3.42. The first-order valence-corrected chi connectivity index (χ1v) is 6.08. The molecule has 0 aliphatic rings. The topological polar surface area (TPSA) is 53.4 Å². The Kier molecular flexibility index (Phi) is 4.02. The number of hydrogen-bond acceptors (Lipinski definition) is 3. The lowest BCUT2D eigenvalue weighted by atomic mass is 10.1. The number of rotatable bonds is 4. The second kappa shape index (κ2) is 5.71. The summed E-state index contributed by atoms with van der Waals surface area (Å²) in [5.74, 6) is -0.965. The van der Waals surface area contributed by atoms with Crippen LogP contribution in [-0.2, 0) is 6.54 Å². The molecule has 0 bridgehead atoms. The van der Waals surface area contributed by atoms with E-state index in [1.54, 1.807) is 24.5 Å². The largest absolute Gasteiger partial charge is 0.478 e. The number of halogens is 1. The van der Waals surface area contributed by atoms with Gasteiger partial charge < -0.3 is 10.0 Å². The number of carboxylic acid groups (broad SMARTS) is 1. The standard InChI is InChI=1S/C14H13ClN2O2/c1-17(9-10-4-6-16-7-5-10)13-8-11(15)2-3-12(13)14(18)19/h2-8H,9H2,1H3,(H,18,19). The van der Waals surface area contributed by atoms with Crippen LogP contribution >= 0.6 is 11.6 Å². The molecule has 98 valence electrons. The molecular formula is C14H13ClN2O2. The Morgan fingerprint density at radius 3 is 2.63 bits per heavy atom. The van der Waals surface area contributed by atoms with Crippen LogP contribution in [0, 0.1) is 0 Å². The van der Waals surface area contributed by atoms with Crippen LogP contribution in [0.5, 0.6) is 0 Å². The van der Waals surface area contributed by atoms with E-state index in [0.717, 1.165) is 5.56 Å². The molecule has 0 saturated carbocycles. The first kappa shape index (κ1) is 13.4. The van der Waals surface area contributed by atoms with Crippen molar-refractivity contribution < 1.29 is 9.90 Å². The minimum absolute atomic E-state index is 0.237. The van der Waals surface area contributed by atoms with Crippen molar-refractivity contribution in [3.8, 4) is 0 Å². The third kappa shape index (κ3) is 3.23. The molecular weight excluding hydrogens is 264 g/mol. The van der Waals surface area contributed by atoms with E-state index in [-0.39, 0.29) is 5.56 Å². The van der Waals surface area contributed by atoms with Crippen LogP contribution < -0.4 is 4.90 Å². The molecule has 0 saturated heterocycles. The lowest BCUT2D eigenvalue weighted by Crippen LogP contribution is -2.19. The number of hydrogen-bond donors (Lipinski definition) is 1. The van der Waals surface area contributed by atoms with Gasteiger partial charge in [-0.1, -0.05) is 11.6 Å². The Balaban J connectivity index is 2.30. The molecule has 0 aliphatic carbocycles. The molecule has 2 aromatic rings. The van der Waals surface area contributed by atoms with Gasteiger partial charge in [-0.3, -0.25) is 4.98 Å². The summed E-state index contributed by atoms with van der Waals surface area (Å²) in [6.45, 7) is 0.586. The van der Waals surface area contributed by atoms with Gasteiger partial charge in [-0.25, -0.2) is 4.79 Å². The summed E-state index contributed by atoms with van der Waals surface area (Å²) < 4.78 is 0. The van der Waals surface area contributed by atoms with E-state index in [9.17, 15) is 9.90 Å². The van der Waals surface area contributed by atoms with Crippen LogP contribution in [0.3, 0.4) is 0 Å². The quantitative estimate of drug-likeness (QED) is 0.932. The van der Waals surface area contributed by atoms with Crippen molar-refractivity contribution in [3.63, 3.8) is 0 Å². The highest BCUT2D eigenvalue weighted by Crippen LogP contribution is 2.25. The zero-order chi connectivity index (χ0) is 13.8. The van der Waals surface area contributed by atoms with E-state index < -0.39 is 5.97 Å². The maximum Gasteiger partial charge on any atom is 0.337 e. The number of carboxylic acids is 1. The molecule has 1 aromatic heterocycles. The normalized spacial score (nSPS) is 10.2. The van der Waals surface area contributed by atoms with Gasteiger partial charge in [0.05, 0.1) is 11.3 Å². The van der Waals surface area contributed by atoms with E-state index in [4.69, 9.17) is 11.6 Å². The van der Waals surface area contributed by atoms with Gasteiger partial charge in [0.25, 0.3) is 0 Å². The second-order valence-corrected chi connectivity index (χ2v) is 4.61. The van der Waals surface area contributed by atoms with Crippen molar-refractivity contribution in [3.05, 3.63) is 58.9 Å². The molecule has 1 aromatic carbocycles. The summed E-state index contributed by atoms with van der Waals surface area (Å²) >= 11 is 5.94. The minimum atomic E-state index is -0.965. The van der Waals surface area contributed by atoms with Crippen LogP contribution in [0.15, 0.2) is 42.7 Å². The molecule has 2 rings (SSSR count). The summed E-state index contributed by atoms with van der Waals surface area (Å²) in [5, 5.41) is 9.71. The lowest BCUT2D eigenvalue weighted by molar-refractivity contribution is 0.0697. The molecule has 0 amide bonds. The van der Waals surface area contributed by atoms with Crippen molar-refractivity contribution >= 4 is 23.3 Å². The molecule has 0 radical (unpaired) electrons. The van der Waals surface area contributed by atoms with Crippen molar-refractivity contribution in [2.75, 3.05) is 11.9 Å². The summed E-state index contributed by atoms with van der Waals surface area (Å²) in [5.41, 5.74) is 1.88. The molecule has 0 unspecified atom stereocenters. The Morgan fingerprint density at radius 2 is 2.00 bits per heavy atom. The molecule has 4 nitrogen and oxygen atoms in total. The Hall–Kier alpha value is -2.07. The molecule has 19 heavy (non-hydrogen) atoms. The van der Waals surface area contributed by atoms with Gasteiger partial charge in [0.15, 0.2) is 0 Å². The highest BCUT2D eigenvalue weighted by Gasteiger charge is 2.14. The van der Waals surface area contributed by atoms with Crippen LogP contribution in [0.1, 0.15) is 15.9 Å². The van der Waals surface area contributed by atoms with Gasteiger partial charge in [-0.15, -0.1) is 0 Å². The van der Waals surface area contributed by atoms with Crippen LogP contribution in [0.2, 0.25) is 5.02 Å². The third-order valence-electron chi connectivity index (χ3n) is 2.77. The number of pyridine rings is 1. The molecule has 0 atom stereocenters. The van der Waals surface area contributed by atoms with Crippen molar-refractivity contribution in [2.45, 2.75) is 6.54 Å². The van der Waals surface area contributed by atoms with Crippen molar-refractivity contribution in [1.82, 2.24) is 4.98 Å². The lowest BCUT2D eigenvalue weighted by Gasteiger charge is -2.21. The Labute approximate surface area is 116 Å². The van der Waals surface area contributed by atoms with Crippen LogP contribution in [0.25, 0.3) is 0 Å². The number of aromatic nitrogens is 1. The molecule has 1 heterocycles. The average Bonchev–Trinajstić information content (AvgIpc) is 2.39. The highest BCUT2D eigenvalue weighted by atomic mass is 35.5. The first-order chi connectivity index (χ1) is 9.08. The van der Waals surface area contributed by atoms with Gasteiger partial charge in [0.1, 0.15) is 0 Å². The molecule has 0 fully saturated rings. The maximum absolute atomic E-state index is 11.2. The molecule has 5 heteroatoms. The third-order valence-corrected chi connectivity index (χ3v) is 3.01. The zero-order valence-corrected chi connectivity index (χ0v) is 11.1. The van der Waals surface area contributed by atoms with Gasteiger partial charge >= 0.3 is 5.97 Å². The molecule has 1 N–H and O–H groups in total. The van der Waals surface area contributed by atoms with Crippen LogP contribution in [0.4, 0.5) is 5.69 Å². The molecule has 0 spiro atoms. The van der Waals surface area contributed by atoms with E-state index in [2.05, 4.69) is 4.98 Å². The van der Waals surface area contributed by atoms with Crippen LogP contribution in [-0.4, -0.2) is 23.1 Å². The van der Waals surface area contributed by atoms with E-state index in [0.29, 0.717) is 17.3 Å². The minimum Gasteiger partial charge on any atom is -0.478 e. The van der Waals surface area contributed by atoms with Gasteiger partial charge in [-0.05, 0) is 35.9 Å². The van der Waals surface area contributed by atoms with Gasteiger partial charge in [-0.2, -0.15) is 0 Å². The number of anilines is 1. The summed E-state index contributed by atoms with van der Waals surface area (Å²) in [6, 6.07) is 8.53. The van der Waals surface area contributed by atoms with Gasteiger partial charge in [0.2, 0.25) is 0 Å². The summed E-state index contributed by atoms with van der Waals surface area (Å²) in [7, 11) is 1.83. The zero-order valence-electron chi connectivity index (χ0n) is 10.4. The van der Waals surface area contributed by atoms with E-state index in [1.807, 2.05) is 24.1 Å². The molecule has 0 aliphatic heterocycles. The monoisotopic (exact) mass is 276 g/mol. The van der Waals surface area contributed by atoms with Gasteiger partial charge in [0, 0.05) is 31.0 Å². The predicted molar refractivity (Wildman–Crippen MR) is 74.8 cm³/mol. The average molecular weight is 277 g/mol. The first-order valence-electron chi connectivity index (χ1n) is 5.71. The van der Waals surface area contributed by atoms with E-state index in [1.165, 1.54) is 6.07 Å².